The van der Waals surface area contributed by atoms with E-state index in [0.29, 0.717) is 12.8 Å². The van der Waals surface area contributed by atoms with Gasteiger partial charge in [0.25, 0.3) is 0 Å². The predicted molar refractivity (Wildman–Crippen MR) is 79.3 cm³/mol. The Labute approximate surface area is 111 Å². The lowest BCUT2D eigenvalue weighted by atomic mass is 10.2. The molecule has 1 unspecified atom stereocenters. The van der Waals surface area contributed by atoms with Gasteiger partial charge in [-0.2, -0.15) is 0 Å². The first kappa shape index (κ1) is 16.3. The minimum atomic E-state index is -0.694. The van der Waals surface area contributed by atoms with Gasteiger partial charge in [-0.1, -0.05) is 57.5 Å². The molecule has 0 aromatic carbocycles. The molecule has 0 radical (unpaired) electrons. The fourth-order valence-corrected chi connectivity index (χ4v) is 4.71. The van der Waals surface area contributed by atoms with Gasteiger partial charge in [0.2, 0.25) is 5.24 Å². The number of rotatable bonds is 3. The number of thiocarbonyl (C=S) groups is 1. The third-order valence-corrected chi connectivity index (χ3v) is 8.52. The molecule has 1 nitrogen and oxygen atoms in total. The van der Waals surface area contributed by atoms with Crippen molar-refractivity contribution in [2.75, 3.05) is 0 Å². The number of hydrogen-bond acceptors (Lipinski definition) is 2. The van der Waals surface area contributed by atoms with Gasteiger partial charge >= 0.3 is 0 Å². The van der Waals surface area contributed by atoms with E-state index in [2.05, 4.69) is 32.2 Å². The van der Waals surface area contributed by atoms with Crippen molar-refractivity contribution in [3.8, 4) is 0 Å². The van der Waals surface area contributed by atoms with Crippen molar-refractivity contribution in [3.05, 3.63) is 0 Å². The van der Waals surface area contributed by atoms with E-state index >= 15 is 0 Å². The summed E-state index contributed by atoms with van der Waals surface area (Å²) in [7, 11) is -0.694. The first-order valence-electron chi connectivity index (χ1n) is 6.02. The molecular formula is C12H23ClOSSi. The van der Waals surface area contributed by atoms with Crippen molar-refractivity contribution >= 4 is 42.5 Å². The molecule has 1 saturated heterocycles. The number of hydrogen-bond donors (Lipinski definition) is 0. The molecule has 1 aliphatic rings. The maximum Gasteiger partial charge on any atom is 0.221 e. The summed E-state index contributed by atoms with van der Waals surface area (Å²) in [6, 6.07) is 1.58. The average molecular weight is 279 g/mol. The lowest BCUT2D eigenvalue weighted by Gasteiger charge is -2.34. The summed E-state index contributed by atoms with van der Waals surface area (Å²) < 4.78 is 0. The molecule has 0 saturated carbocycles. The Kier molecular flexibility index (Phi) is 8.51. The number of carbonyl (C=O) groups is 1. The Bertz CT molecular complexity index is 231. The third kappa shape index (κ3) is 7.53. The van der Waals surface area contributed by atoms with Crippen LogP contribution >= 0.6 is 23.8 Å². The van der Waals surface area contributed by atoms with E-state index < -0.39 is 8.07 Å². The third-order valence-electron chi connectivity index (χ3n) is 3.50. The summed E-state index contributed by atoms with van der Waals surface area (Å²) in [6.45, 7) is 7.53. The molecule has 16 heavy (non-hydrogen) atoms. The summed E-state index contributed by atoms with van der Waals surface area (Å²) in [5.74, 6) is 0. The Morgan fingerprint density at radius 2 is 2.12 bits per heavy atom. The zero-order chi connectivity index (χ0) is 12.6. The molecule has 0 aliphatic carbocycles. The highest BCUT2D eigenvalue weighted by Gasteiger charge is 2.30. The van der Waals surface area contributed by atoms with Gasteiger partial charge in [-0.3, -0.25) is 4.79 Å². The topological polar surface area (TPSA) is 17.1 Å². The normalized spacial score (nSPS) is 22.9. The van der Waals surface area contributed by atoms with Gasteiger partial charge in [-0.15, -0.1) is 0 Å². The van der Waals surface area contributed by atoms with Gasteiger partial charge in [0.1, 0.15) is 0 Å². The van der Waals surface area contributed by atoms with Crippen molar-refractivity contribution in [1.29, 1.82) is 0 Å². The molecule has 0 bridgehead atoms. The van der Waals surface area contributed by atoms with Crippen LogP contribution in [0.2, 0.25) is 24.7 Å². The van der Waals surface area contributed by atoms with Gasteiger partial charge in [0, 0.05) is 6.42 Å². The molecule has 1 fully saturated rings. The Morgan fingerprint density at radius 3 is 2.38 bits per heavy atom. The molecule has 0 amide bonds. The highest BCUT2D eigenvalue weighted by atomic mass is 35.5. The smallest absolute Gasteiger partial charge is 0.221 e. The molecular weight excluding hydrogens is 256 g/mol. The first-order chi connectivity index (χ1) is 7.40. The van der Waals surface area contributed by atoms with Gasteiger partial charge in [-0.25, -0.2) is 0 Å². The first-order valence-corrected chi connectivity index (χ1v) is 10.2. The number of halogens is 1. The molecule has 1 aliphatic heterocycles. The van der Waals surface area contributed by atoms with Crippen molar-refractivity contribution in [2.45, 2.75) is 63.7 Å². The second kappa shape index (κ2) is 8.37. The zero-order valence-electron chi connectivity index (χ0n) is 10.6. The van der Waals surface area contributed by atoms with Crippen LogP contribution in [-0.2, 0) is 4.79 Å². The monoisotopic (exact) mass is 278 g/mol. The molecule has 94 valence electrons. The van der Waals surface area contributed by atoms with Crippen LogP contribution in [0.25, 0.3) is 0 Å². The second-order valence-corrected chi connectivity index (χ2v) is 11.4. The molecule has 1 heterocycles. The van der Waals surface area contributed by atoms with E-state index in [-0.39, 0.29) is 5.24 Å². The van der Waals surface area contributed by atoms with Crippen molar-refractivity contribution in [1.82, 2.24) is 0 Å². The molecule has 4 heteroatoms. The van der Waals surface area contributed by atoms with Crippen LogP contribution in [0.5, 0.6) is 0 Å². The predicted octanol–water partition coefficient (Wildman–Crippen LogP) is 4.80. The summed E-state index contributed by atoms with van der Waals surface area (Å²) in [6.07, 6.45) is 5.50. The summed E-state index contributed by atoms with van der Waals surface area (Å²) in [4.78, 5) is 9.90. The van der Waals surface area contributed by atoms with E-state index in [1.807, 2.05) is 0 Å². The van der Waals surface area contributed by atoms with Crippen LogP contribution in [0, 0.1) is 0 Å². The molecule has 1 rings (SSSR count). The highest BCUT2D eigenvalue weighted by molar-refractivity contribution is 7.78. The van der Waals surface area contributed by atoms with Gasteiger partial charge < -0.3 is 0 Å². The molecule has 0 aromatic rings. The van der Waals surface area contributed by atoms with E-state index in [1.165, 1.54) is 24.6 Å². The standard InChI is InChI=1S/C8H18Si.C4H5ClOS/c1-8-6-4-5-7-9(8,2)3;5-4(6)2-1-3-7/h8H,4-7H2,1-3H3;3H,1-2H2. The van der Waals surface area contributed by atoms with E-state index in [9.17, 15) is 4.79 Å². The van der Waals surface area contributed by atoms with Gasteiger partial charge in [-0.05, 0) is 28.9 Å². The quantitative estimate of drug-likeness (QED) is 0.419. The van der Waals surface area contributed by atoms with E-state index in [0.717, 1.165) is 5.54 Å². The summed E-state index contributed by atoms with van der Waals surface area (Å²) in [5, 5.41) is 1.18. The Balaban J connectivity index is 0.000000293. The van der Waals surface area contributed by atoms with Crippen LogP contribution in [0.15, 0.2) is 0 Å². The fourth-order valence-electron chi connectivity index (χ4n) is 1.84. The lowest BCUT2D eigenvalue weighted by Crippen LogP contribution is -2.33. The van der Waals surface area contributed by atoms with E-state index in [4.69, 9.17) is 11.6 Å². The molecule has 0 spiro atoms. The number of carbonyl (C=O) groups excluding carboxylic acids is 1. The largest absolute Gasteiger partial charge is 0.281 e. The van der Waals surface area contributed by atoms with Crippen LogP contribution in [0.1, 0.15) is 39.0 Å². The molecule has 0 N–H and O–H groups in total. The van der Waals surface area contributed by atoms with E-state index in [1.54, 1.807) is 6.04 Å². The Hall–Kier alpha value is 0.267. The summed E-state index contributed by atoms with van der Waals surface area (Å²) >= 11 is 9.39. The minimum absolute atomic E-state index is 0.318. The molecule has 0 aromatic heterocycles. The van der Waals surface area contributed by atoms with Gasteiger partial charge in [0.05, 0.1) is 8.07 Å². The molecule has 1 atom stereocenters. The maximum atomic E-state index is 9.90. The van der Waals surface area contributed by atoms with Crippen LogP contribution in [0.4, 0.5) is 0 Å². The van der Waals surface area contributed by atoms with Crippen LogP contribution in [-0.4, -0.2) is 18.7 Å². The van der Waals surface area contributed by atoms with Gasteiger partial charge in [0.15, 0.2) is 0 Å². The Morgan fingerprint density at radius 1 is 1.50 bits per heavy atom. The van der Waals surface area contributed by atoms with Crippen molar-refractivity contribution < 1.29 is 4.79 Å². The van der Waals surface area contributed by atoms with Crippen LogP contribution < -0.4 is 0 Å². The average Bonchev–Trinajstić information content (AvgIpc) is 2.20. The van der Waals surface area contributed by atoms with Crippen LogP contribution in [0.3, 0.4) is 0 Å². The fraction of sp³-hybridized carbons (Fsp3) is 0.833. The summed E-state index contributed by atoms with van der Waals surface area (Å²) in [5.41, 5.74) is 1.09. The van der Waals surface area contributed by atoms with Crippen molar-refractivity contribution in [3.63, 3.8) is 0 Å². The SMILES string of the molecule is CC1CCCC[Si]1(C)C.O=C(Cl)CCC=S. The second-order valence-electron chi connectivity index (χ2n) is 5.20. The minimum Gasteiger partial charge on any atom is -0.281 e. The highest BCUT2D eigenvalue weighted by Crippen LogP contribution is 2.36. The zero-order valence-corrected chi connectivity index (χ0v) is 13.2. The maximum absolute atomic E-state index is 9.90. The van der Waals surface area contributed by atoms with Crippen molar-refractivity contribution in [2.24, 2.45) is 0 Å². The lowest BCUT2D eigenvalue weighted by molar-refractivity contribution is -0.111.